The van der Waals surface area contributed by atoms with E-state index >= 15 is 0 Å². The Morgan fingerprint density at radius 1 is 1.31 bits per heavy atom. The van der Waals surface area contributed by atoms with Crippen molar-refractivity contribution in [3.63, 3.8) is 0 Å². The van der Waals surface area contributed by atoms with E-state index in [1.807, 2.05) is 24.3 Å². The summed E-state index contributed by atoms with van der Waals surface area (Å²) in [4.78, 5) is 11.5. The minimum absolute atomic E-state index is 0.196. The number of carbonyl (C=O) groups excluding carboxylic acids is 1. The van der Waals surface area contributed by atoms with Crippen molar-refractivity contribution in [2.75, 3.05) is 5.75 Å². The van der Waals surface area contributed by atoms with Crippen molar-refractivity contribution in [1.82, 2.24) is 0 Å². The Hall–Kier alpha value is -0.280. The maximum atomic E-state index is 11.5. The molecule has 0 amide bonds. The first kappa shape index (κ1) is 10.8. The third kappa shape index (κ3) is 3.53. The lowest BCUT2D eigenvalue weighted by Gasteiger charge is -1.99. The second-order valence-electron chi connectivity index (χ2n) is 2.76. The average molecular weight is 259 g/mol. The van der Waals surface area contributed by atoms with Crippen LogP contribution in [0.15, 0.2) is 28.7 Å². The van der Waals surface area contributed by atoms with Crippen molar-refractivity contribution >= 4 is 34.3 Å². The van der Waals surface area contributed by atoms with E-state index in [0.29, 0.717) is 6.42 Å². The molecular weight excluding hydrogens is 248 g/mol. The number of ketones is 1. The van der Waals surface area contributed by atoms with Crippen molar-refractivity contribution in [1.29, 1.82) is 0 Å². The van der Waals surface area contributed by atoms with Gasteiger partial charge in [-0.15, -0.1) is 0 Å². The molecule has 0 radical (unpaired) electrons. The highest BCUT2D eigenvalue weighted by atomic mass is 79.9. The third-order valence-corrected chi connectivity index (χ3v) is 2.57. The van der Waals surface area contributed by atoms with E-state index in [4.69, 9.17) is 0 Å². The molecule has 0 unspecified atom stereocenters. The normalized spacial score (nSPS) is 10.0. The summed E-state index contributed by atoms with van der Waals surface area (Å²) in [6, 6.07) is 7.44. The Kier molecular flexibility index (Phi) is 4.53. The van der Waals surface area contributed by atoms with Crippen LogP contribution in [0.4, 0.5) is 0 Å². The van der Waals surface area contributed by atoms with Gasteiger partial charge in [-0.1, -0.05) is 28.1 Å². The van der Waals surface area contributed by atoms with Crippen LogP contribution < -0.4 is 0 Å². The molecule has 1 aromatic rings. The standard InChI is InChI=1S/C10H11BrOS/c11-9-5-3-8(4-6-9)10(12)2-1-7-13/h3-6,13H,1-2,7H2. The molecule has 0 saturated carbocycles. The SMILES string of the molecule is O=C(CCCS)c1ccc(Br)cc1. The molecule has 0 aliphatic carbocycles. The zero-order valence-electron chi connectivity index (χ0n) is 7.16. The highest BCUT2D eigenvalue weighted by Gasteiger charge is 2.03. The molecule has 0 spiro atoms. The minimum Gasteiger partial charge on any atom is -0.294 e. The van der Waals surface area contributed by atoms with Gasteiger partial charge < -0.3 is 0 Å². The van der Waals surface area contributed by atoms with Crippen LogP contribution >= 0.6 is 28.6 Å². The fourth-order valence-electron chi connectivity index (χ4n) is 1.02. The molecule has 0 aliphatic heterocycles. The minimum atomic E-state index is 0.196. The van der Waals surface area contributed by atoms with E-state index in [1.54, 1.807) is 0 Å². The maximum absolute atomic E-state index is 11.5. The highest BCUT2D eigenvalue weighted by Crippen LogP contribution is 2.12. The number of hydrogen-bond acceptors (Lipinski definition) is 2. The molecule has 1 aromatic carbocycles. The van der Waals surface area contributed by atoms with Crippen molar-refractivity contribution in [3.05, 3.63) is 34.3 Å². The fourth-order valence-corrected chi connectivity index (χ4v) is 1.44. The van der Waals surface area contributed by atoms with Gasteiger partial charge in [-0.2, -0.15) is 12.6 Å². The molecule has 0 saturated heterocycles. The van der Waals surface area contributed by atoms with E-state index in [2.05, 4.69) is 28.6 Å². The van der Waals surface area contributed by atoms with E-state index in [-0.39, 0.29) is 5.78 Å². The molecule has 70 valence electrons. The molecule has 0 bridgehead atoms. The summed E-state index contributed by atoms with van der Waals surface area (Å²) in [5.41, 5.74) is 0.782. The molecule has 0 N–H and O–H groups in total. The van der Waals surface area contributed by atoms with E-state index in [9.17, 15) is 4.79 Å². The summed E-state index contributed by atoms with van der Waals surface area (Å²) in [5.74, 6) is 0.962. The molecule has 1 rings (SSSR count). The van der Waals surface area contributed by atoms with Crippen LogP contribution in [-0.2, 0) is 0 Å². The van der Waals surface area contributed by atoms with Crippen LogP contribution in [0.5, 0.6) is 0 Å². The Labute approximate surface area is 92.1 Å². The summed E-state index contributed by atoms with van der Waals surface area (Å²) >= 11 is 7.39. The zero-order valence-corrected chi connectivity index (χ0v) is 9.64. The summed E-state index contributed by atoms with van der Waals surface area (Å²) in [6.45, 7) is 0. The molecule has 0 aromatic heterocycles. The van der Waals surface area contributed by atoms with Gasteiger partial charge in [0.05, 0.1) is 0 Å². The summed E-state index contributed by atoms with van der Waals surface area (Å²) in [5, 5.41) is 0. The first-order chi connectivity index (χ1) is 6.24. The number of carbonyl (C=O) groups is 1. The van der Waals surface area contributed by atoms with Gasteiger partial charge in [0.1, 0.15) is 0 Å². The molecular formula is C10H11BrOS. The first-order valence-electron chi connectivity index (χ1n) is 4.13. The van der Waals surface area contributed by atoms with Crippen molar-refractivity contribution in [3.8, 4) is 0 Å². The average Bonchev–Trinajstić information content (AvgIpc) is 2.15. The smallest absolute Gasteiger partial charge is 0.162 e. The van der Waals surface area contributed by atoms with Crippen LogP contribution in [0, 0.1) is 0 Å². The molecule has 1 nitrogen and oxygen atoms in total. The number of hydrogen-bond donors (Lipinski definition) is 1. The van der Waals surface area contributed by atoms with Crippen molar-refractivity contribution in [2.24, 2.45) is 0 Å². The summed E-state index contributed by atoms with van der Waals surface area (Å²) < 4.78 is 0.998. The molecule has 3 heteroatoms. The molecule has 0 fully saturated rings. The van der Waals surface area contributed by atoms with Crippen molar-refractivity contribution in [2.45, 2.75) is 12.8 Å². The second kappa shape index (κ2) is 5.45. The predicted octanol–water partition coefficient (Wildman–Crippen LogP) is 3.34. The number of halogens is 1. The highest BCUT2D eigenvalue weighted by molar-refractivity contribution is 9.10. The third-order valence-electron chi connectivity index (χ3n) is 1.73. The second-order valence-corrected chi connectivity index (χ2v) is 4.12. The van der Waals surface area contributed by atoms with Crippen molar-refractivity contribution < 1.29 is 4.79 Å². The van der Waals surface area contributed by atoms with Gasteiger partial charge in [0.25, 0.3) is 0 Å². The first-order valence-corrected chi connectivity index (χ1v) is 5.56. The number of benzene rings is 1. The van der Waals surface area contributed by atoms with Crippen LogP contribution in [0.3, 0.4) is 0 Å². The van der Waals surface area contributed by atoms with Gasteiger partial charge in [0.15, 0.2) is 5.78 Å². The summed E-state index contributed by atoms with van der Waals surface area (Å²) in [7, 11) is 0. The van der Waals surface area contributed by atoms with Gasteiger partial charge in [-0.05, 0) is 24.3 Å². The van der Waals surface area contributed by atoms with E-state index in [0.717, 1.165) is 22.2 Å². The zero-order chi connectivity index (χ0) is 9.68. The van der Waals surface area contributed by atoms with Gasteiger partial charge in [0, 0.05) is 16.5 Å². The number of thiol groups is 1. The molecule has 0 atom stereocenters. The van der Waals surface area contributed by atoms with Crippen LogP contribution in [0.1, 0.15) is 23.2 Å². The van der Waals surface area contributed by atoms with E-state index < -0.39 is 0 Å². The Balaban J connectivity index is 2.61. The molecule has 0 aliphatic rings. The lowest BCUT2D eigenvalue weighted by molar-refractivity contribution is 0.0982. The fraction of sp³-hybridized carbons (Fsp3) is 0.300. The lowest BCUT2D eigenvalue weighted by Crippen LogP contribution is -1.98. The van der Waals surface area contributed by atoms with E-state index in [1.165, 1.54) is 0 Å². The van der Waals surface area contributed by atoms with Crippen LogP contribution in [0.25, 0.3) is 0 Å². The van der Waals surface area contributed by atoms with Gasteiger partial charge >= 0.3 is 0 Å². The Morgan fingerprint density at radius 3 is 2.46 bits per heavy atom. The summed E-state index contributed by atoms with van der Waals surface area (Å²) in [6.07, 6.45) is 1.43. The quantitative estimate of drug-likeness (QED) is 0.648. The Morgan fingerprint density at radius 2 is 1.92 bits per heavy atom. The molecule has 13 heavy (non-hydrogen) atoms. The lowest BCUT2D eigenvalue weighted by atomic mass is 10.1. The van der Waals surface area contributed by atoms with Gasteiger partial charge in [-0.3, -0.25) is 4.79 Å². The largest absolute Gasteiger partial charge is 0.294 e. The van der Waals surface area contributed by atoms with Crippen LogP contribution in [-0.4, -0.2) is 11.5 Å². The van der Waals surface area contributed by atoms with Gasteiger partial charge in [0.2, 0.25) is 0 Å². The van der Waals surface area contributed by atoms with Gasteiger partial charge in [-0.25, -0.2) is 0 Å². The molecule has 0 heterocycles. The number of Topliss-reactive ketones (excluding diaryl/α,β-unsaturated/α-hetero) is 1. The predicted molar refractivity (Wildman–Crippen MR) is 61.6 cm³/mol. The number of rotatable bonds is 4. The monoisotopic (exact) mass is 258 g/mol. The topological polar surface area (TPSA) is 17.1 Å². The maximum Gasteiger partial charge on any atom is 0.162 e. The van der Waals surface area contributed by atoms with Crippen LogP contribution in [0.2, 0.25) is 0 Å². The Bertz CT molecular complexity index is 281.